The van der Waals surface area contributed by atoms with Crippen LogP contribution in [0, 0.1) is 0 Å². The molecular formula is CH4B2O. The van der Waals surface area contributed by atoms with Gasteiger partial charge in [0.2, 0.25) is 7.37 Å². The summed E-state index contributed by atoms with van der Waals surface area (Å²) in [5.74, 6) is 0. The first-order chi connectivity index (χ1) is 1.91. The van der Waals surface area contributed by atoms with E-state index in [-0.39, 0.29) is 0 Å². The van der Waals surface area contributed by atoms with Gasteiger partial charge in [-0.2, -0.15) is 0 Å². The first-order valence-electron chi connectivity index (χ1n) is 1.05. The molecule has 4 heavy (non-hydrogen) atoms. The molecule has 0 N–H and O–H groups in total. The molecule has 0 aromatic rings. The summed E-state index contributed by atoms with van der Waals surface area (Å²) in [4.78, 5) is 0. The first kappa shape index (κ1) is 4.09. The Balaban J connectivity index is 1.97. The van der Waals surface area contributed by atoms with E-state index < -0.39 is 0 Å². The molecule has 0 aromatic heterocycles. The summed E-state index contributed by atoms with van der Waals surface area (Å²) in [6.45, 7) is 0. The zero-order valence-corrected chi connectivity index (χ0v) is 2.69. The first-order valence-corrected chi connectivity index (χ1v) is 1.05. The topological polar surface area (TPSA) is 9.23 Å². The fourth-order valence-corrected chi connectivity index (χ4v) is 0. The van der Waals surface area contributed by atoms with Crippen molar-refractivity contribution in [3.8, 4) is 0 Å². The molecule has 0 bridgehead atoms. The zero-order chi connectivity index (χ0) is 3.41. The Morgan fingerprint density at radius 1 is 2.00 bits per heavy atom. The minimum absolute atomic E-state index is 1.38. The third kappa shape index (κ3) is 2.09. The van der Waals surface area contributed by atoms with Gasteiger partial charge in [-0.15, -0.1) is 0 Å². The van der Waals surface area contributed by atoms with Gasteiger partial charge in [0.15, 0.2) is 0 Å². The van der Waals surface area contributed by atoms with Crippen molar-refractivity contribution < 1.29 is 4.65 Å². The predicted octanol–water partition coefficient (Wildman–Crippen LogP) is -0.932. The van der Waals surface area contributed by atoms with Crippen molar-refractivity contribution in [3.63, 3.8) is 0 Å². The second-order valence-electron chi connectivity index (χ2n) is 0.402. The molecule has 2 radical (unpaired) electrons. The van der Waals surface area contributed by atoms with E-state index in [0.29, 0.717) is 0 Å². The van der Waals surface area contributed by atoms with Crippen LogP contribution in [-0.4, -0.2) is 22.2 Å². The van der Waals surface area contributed by atoms with E-state index in [4.69, 9.17) is 0 Å². The van der Waals surface area contributed by atoms with Crippen LogP contribution < -0.4 is 0 Å². The van der Waals surface area contributed by atoms with Gasteiger partial charge in [-0.3, -0.25) is 0 Å². The lowest BCUT2D eigenvalue weighted by molar-refractivity contribution is 0.454. The molecule has 0 saturated carbocycles. The minimum atomic E-state index is 1.38. The molecule has 0 unspecified atom stereocenters. The van der Waals surface area contributed by atoms with Gasteiger partial charge in [-0.25, -0.2) is 0 Å². The van der Waals surface area contributed by atoms with Crippen LogP contribution in [0.2, 0.25) is 0 Å². The monoisotopic (exact) mass is 54.0 g/mol. The molecule has 0 spiro atoms. The van der Waals surface area contributed by atoms with E-state index in [1.54, 1.807) is 7.11 Å². The van der Waals surface area contributed by atoms with E-state index in [9.17, 15) is 0 Å². The average molecular weight is 53.7 g/mol. The second kappa shape index (κ2) is 3.09. The van der Waals surface area contributed by atoms with Crippen LogP contribution in [0.25, 0.3) is 0 Å². The number of hydrogen-bond donors (Lipinski definition) is 0. The highest BCUT2D eigenvalue weighted by atomic mass is 16.4. The van der Waals surface area contributed by atoms with Crippen LogP contribution in [-0.2, 0) is 4.65 Å². The maximum atomic E-state index is 4.31. The second-order valence-corrected chi connectivity index (χ2v) is 0.402. The summed E-state index contributed by atoms with van der Waals surface area (Å²) in [5.41, 5.74) is 0. The Labute approximate surface area is 28.0 Å². The molecule has 3 heteroatoms. The van der Waals surface area contributed by atoms with E-state index >= 15 is 0 Å². The molecule has 0 fully saturated rings. The fourth-order valence-electron chi connectivity index (χ4n) is 0. The summed E-state index contributed by atoms with van der Waals surface area (Å²) in [5, 5.41) is 0. The van der Waals surface area contributed by atoms with Crippen molar-refractivity contribution in [2.45, 2.75) is 0 Å². The van der Waals surface area contributed by atoms with E-state index in [1.807, 2.05) is 0 Å². The molecule has 0 amide bonds. The van der Waals surface area contributed by atoms with Gasteiger partial charge < -0.3 is 4.65 Å². The normalized spacial score (nSPS) is 6.25. The van der Waals surface area contributed by atoms with Gasteiger partial charge in [0.1, 0.15) is 0 Å². The maximum absolute atomic E-state index is 4.31. The third-order valence-corrected chi connectivity index (χ3v) is 0.167. The Morgan fingerprint density at radius 3 is 2.25 bits per heavy atom. The molecule has 0 aromatic carbocycles. The molecule has 0 heterocycles. The standard InChI is InChI=1S/CH4B2O/c1-4-3-2/h2H,1H3. The van der Waals surface area contributed by atoms with Crippen molar-refractivity contribution in [2.75, 3.05) is 7.11 Å². The minimum Gasteiger partial charge on any atom is -0.454 e. The number of hydrogen-bond acceptors (Lipinski definition) is 1. The molecule has 0 rings (SSSR count). The maximum Gasteiger partial charge on any atom is 0.235 e. The molecule has 0 atom stereocenters. The summed E-state index contributed by atoms with van der Waals surface area (Å²) in [6, 6.07) is 0. The van der Waals surface area contributed by atoms with Crippen LogP contribution >= 0.6 is 0 Å². The fraction of sp³-hybridized carbons (Fsp3) is 1.00. The molecule has 0 aliphatic heterocycles. The van der Waals surface area contributed by atoms with Crippen LogP contribution in [0.15, 0.2) is 0 Å². The smallest absolute Gasteiger partial charge is 0.235 e. The van der Waals surface area contributed by atoms with Gasteiger partial charge in [0, 0.05) is 7.11 Å². The van der Waals surface area contributed by atoms with Crippen LogP contribution in [0.5, 0.6) is 0 Å². The molecule has 20 valence electrons. The van der Waals surface area contributed by atoms with Gasteiger partial charge in [-0.1, -0.05) is 0 Å². The van der Waals surface area contributed by atoms with Crippen LogP contribution in [0.4, 0.5) is 0 Å². The highest BCUT2D eigenvalue weighted by molar-refractivity contribution is 6.85. The summed E-state index contributed by atoms with van der Waals surface area (Å²) < 4.78 is 4.31. The molecular weight excluding hydrogens is 49.6 g/mol. The van der Waals surface area contributed by atoms with Gasteiger partial charge in [-0.05, 0) is 0 Å². The Hall–Kier alpha value is 0.0899. The van der Waals surface area contributed by atoms with E-state index in [2.05, 4.69) is 12.4 Å². The quantitative estimate of drug-likeness (QED) is 0.351. The third-order valence-electron chi connectivity index (χ3n) is 0.167. The van der Waals surface area contributed by atoms with Gasteiger partial charge in [0.05, 0.1) is 7.74 Å². The molecule has 0 aliphatic rings. The summed E-state index contributed by atoms with van der Waals surface area (Å²) in [7, 11) is 6.19. The zero-order valence-electron chi connectivity index (χ0n) is 2.69. The van der Waals surface area contributed by atoms with Crippen molar-refractivity contribution in [1.29, 1.82) is 0 Å². The number of rotatable bonds is 1. The van der Waals surface area contributed by atoms with Crippen molar-refractivity contribution in [2.24, 2.45) is 0 Å². The molecule has 1 nitrogen and oxygen atoms in total. The summed E-state index contributed by atoms with van der Waals surface area (Å²) in [6.07, 6.45) is 0. The van der Waals surface area contributed by atoms with Crippen LogP contribution in [0.3, 0.4) is 0 Å². The van der Waals surface area contributed by atoms with E-state index in [0.717, 1.165) is 0 Å². The Kier molecular flexibility index (Phi) is 3.16. The Morgan fingerprint density at radius 2 is 2.25 bits per heavy atom. The average Bonchev–Trinajstić information content (AvgIpc) is 1.37. The van der Waals surface area contributed by atoms with Gasteiger partial charge >= 0.3 is 0 Å². The van der Waals surface area contributed by atoms with Crippen LogP contribution in [0.1, 0.15) is 0 Å². The van der Waals surface area contributed by atoms with Crippen molar-refractivity contribution >= 4 is 15.1 Å². The summed E-state index contributed by atoms with van der Waals surface area (Å²) >= 11 is 0. The Bertz CT molecular complexity index is 8.00. The lowest BCUT2D eigenvalue weighted by atomic mass is 9.72. The van der Waals surface area contributed by atoms with Crippen molar-refractivity contribution in [1.82, 2.24) is 0 Å². The van der Waals surface area contributed by atoms with Gasteiger partial charge in [0.25, 0.3) is 0 Å². The van der Waals surface area contributed by atoms with E-state index in [1.165, 1.54) is 7.37 Å². The SMILES string of the molecule is [BH][B]OC. The molecule has 0 saturated heterocycles. The lowest BCUT2D eigenvalue weighted by Gasteiger charge is -1.73. The highest BCUT2D eigenvalue weighted by Gasteiger charge is 1.60. The lowest BCUT2D eigenvalue weighted by Crippen LogP contribution is -1.88. The predicted molar refractivity (Wildman–Crippen MR) is 19.9 cm³/mol. The highest BCUT2D eigenvalue weighted by Crippen LogP contribution is 1.39. The van der Waals surface area contributed by atoms with Crippen molar-refractivity contribution in [3.05, 3.63) is 0 Å². The largest absolute Gasteiger partial charge is 0.454 e. The molecule has 0 aliphatic carbocycles.